The number of hydrogen-bond donors (Lipinski definition) is 3. The average molecular weight is 299 g/mol. The van der Waals surface area contributed by atoms with Crippen LogP contribution in [0.3, 0.4) is 0 Å². The van der Waals surface area contributed by atoms with Gasteiger partial charge in [-0.2, -0.15) is 13.1 Å². The largest absolute Gasteiger partial charge is 0.353 e. The van der Waals surface area contributed by atoms with E-state index < -0.39 is 10.2 Å². The lowest BCUT2D eigenvalue weighted by molar-refractivity contribution is -0.120. The van der Waals surface area contributed by atoms with Gasteiger partial charge in [0, 0.05) is 13.1 Å². The van der Waals surface area contributed by atoms with Crippen LogP contribution in [0.1, 0.15) is 18.9 Å². The maximum atomic E-state index is 11.6. The Morgan fingerprint density at radius 2 is 1.90 bits per heavy atom. The van der Waals surface area contributed by atoms with E-state index >= 15 is 0 Å². The summed E-state index contributed by atoms with van der Waals surface area (Å²) >= 11 is 0. The van der Waals surface area contributed by atoms with Crippen LogP contribution in [0.4, 0.5) is 0 Å². The van der Waals surface area contributed by atoms with Crippen molar-refractivity contribution >= 4 is 16.1 Å². The molecular weight excluding hydrogens is 278 g/mol. The highest BCUT2D eigenvalue weighted by atomic mass is 32.2. The van der Waals surface area contributed by atoms with Crippen molar-refractivity contribution < 1.29 is 13.2 Å². The Morgan fingerprint density at radius 1 is 1.25 bits per heavy atom. The van der Waals surface area contributed by atoms with Crippen molar-refractivity contribution in [2.75, 3.05) is 13.6 Å². The second-order valence-corrected chi connectivity index (χ2v) is 6.23. The Hall–Kier alpha value is -1.44. The van der Waals surface area contributed by atoms with Gasteiger partial charge in [0.05, 0.1) is 6.54 Å². The molecule has 6 nitrogen and oxygen atoms in total. The van der Waals surface area contributed by atoms with E-state index in [9.17, 15) is 13.2 Å². The summed E-state index contributed by atoms with van der Waals surface area (Å²) in [5.74, 6) is -0.343. The molecule has 0 radical (unpaired) electrons. The van der Waals surface area contributed by atoms with Gasteiger partial charge in [-0.25, -0.2) is 4.72 Å². The van der Waals surface area contributed by atoms with Gasteiger partial charge in [-0.15, -0.1) is 0 Å². The van der Waals surface area contributed by atoms with Crippen molar-refractivity contribution in [2.24, 2.45) is 0 Å². The molecule has 1 atom stereocenters. The molecule has 0 fully saturated rings. The Balaban J connectivity index is 2.28. The maximum absolute atomic E-state index is 11.6. The molecule has 1 aromatic rings. The standard InChI is InChI=1S/C13H21N3O3S/c1-11(8-9-12-6-4-3-5-7-12)16-13(17)10-15-20(18,19)14-2/h3-7,11,14-15H,8-10H2,1-2H3,(H,16,17). The van der Waals surface area contributed by atoms with Crippen LogP contribution in [-0.2, 0) is 21.4 Å². The zero-order valence-electron chi connectivity index (χ0n) is 11.7. The molecule has 1 amide bonds. The van der Waals surface area contributed by atoms with Gasteiger partial charge in [0.1, 0.15) is 0 Å². The zero-order valence-corrected chi connectivity index (χ0v) is 12.5. The number of benzene rings is 1. The molecule has 0 aliphatic carbocycles. The summed E-state index contributed by atoms with van der Waals surface area (Å²) in [5.41, 5.74) is 1.21. The second-order valence-electron chi connectivity index (χ2n) is 4.52. The van der Waals surface area contributed by atoms with E-state index in [1.807, 2.05) is 37.3 Å². The second kappa shape index (κ2) is 7.98. The highest BCUT2D eigenvalue weighted by molar-refractivity contribution is 7.87. The molecule has 0 saturated carbocycles. The number of nitrogens with one attached hydrogen (secondary N) is 3. The van der Waals surface area contributed by atoms with Crippen LogP contribution < -0.4 is 14.8 Å². The Morgan fingerprint density at radius 3 is 2.50 bits per heavy atom. The number of carbonyl (C=O) groups excluding carboxylic acids is 1. The SMILES string of the molecule is CNS(=O)(=O)NCC(=O)NC(C)CCc1ccccc1. The molecule has 0 bridgehead atoms. The minimum atomic E-state index is -3.57. The Bertz CT molecular complexity index is 517. The number of amides is 1. The summed E-state index contributed by atoms with van der Waals surface area (Å²) in [4.78, 5) is 11.6. The predicted octanol–water partition coefficient (Wildman–Crippen LogP) is 0.178. The number of aryl methyl sites for hydroxylation is 1. The summed E-state index contributed by atoms with van der Waals surface area (Å²) < 4.78 is 26.4. The number of hydrogen-bond acceptors (Lipinski definition) is 3. The highest BCUT2D eigenvalue weighted by Gasteiger charge is 2.11. The lowest BCUT2D eigenvalue weighted by atomic mass is 10.1. The minimum absolute atomic E-state index is 0.0122. The molecule has 0 aliphatic rings. The molecule has 0 saturated heterocycles. The van der Waals surface area contributed by atoms with Gasteiger partial charge in [0.15, 0.2) is 0 Å². The fourth-order valence-corrected chi connectivity index (χ4v) is 2.12. The van der Waals surface area contributed by atoms with Gasteiger partial charge in [-0.1, -0.05) is 30.3 Å². The molecule has 20 heavy (non-hydrogen) atoms. The predicted molar refractivity (Wildman–Crippen MR) is 78.3 cm³/mol. The molecule has 0 spiro atoms. The Labute approximate surface area is 120 Å². The van der Waals surface area contributed by atoms with E-state index in [2.05, 4.69) is 14.8 Å². The third-order valence-corrected chi connectivity index (χ3v) is 3.87. The third-order valence-electron chi connectivity index (χ3n) is 2.81. The van der Waals surface area contributed by atoms with Gasteiger partial charge in [-0.05, 0) is 25.3 Å². The molecular formula is C13H21N3O3S. The first kappa shape index (κ1) is 16.6. The molecule has 1 unspecified atom stereocenters. The molecule has 1 aromatic carbocycles. The summed E-state index contributed by atoms with van der Waals surface area (Å²) in [6, 6.07) is 9.98. The van der Waals surface area contributed by atoms with Crippen LogP contribution in [0.2, 0.25) is 0 Å². The van der Waals surface area contributed by atoms with E-state index in [-0.39, 0.29) is 18.5 Å². The molecule has 1 rings (SSSR count). The summed E-state index contributed by atoms with van der Waals surface area (Å²) in [7, 11) is -2.29. The van der Waals surface area contributed by atoms with Crippen LogP contribution >= 0.6 is 0 Å². The molecule has 7 heteroatoms. The van der Waals surface area contributed by atoms with Gasteiger partial charge in [0.2, 0.25) is 5.91 Å². The molecule has 0 aliphatic heterocycles. The third kappa shape index (κ3) is 6.65. The van der Waals surface area contributed by atoms with Crippen molar-refractivity contribution in [1.29, 1.82) is 0 Å². The van der Waals surface area contributed by atoms with Gasteiger partial charge in [0.25, 0.3) is 10.2 Å². The van der Waals surface area contributed by atoms with Crippen molar-refractivity contribution in [3.63, 3.8) is 0 Å². The summed E-state index contributed by atoms with van der Waals surface area (Å²) in [6.45, 7) is 1.63. The van der Waals surface area contributed by atoms with Gasteiger partial charge >= 0.3 is 0 Å². The molecule has 0 heterocycles. The summed E-state index contributed by atoms with van der Waals surface area (Å²) in [5, 5.41) is 2.75. The Kier molecular flexibility index (Phi) is 6.63. The quantitative estimate of drug-likeness (QED) is 0.640. The fourth-order valence-electron chi connectivity index (χ4n) is 1.66. The average Bonchev–Trinajstić information content (AvgIpc) is 2.44. The van der Waals surface area contributed by atoms with E-state index in [0.717, 1.165) is 12.8 Å². The van der Waals surface area contributed by atoms with Crippen LogP contribution in [-0.4, -0.2) is 34.0 Å². The number of rotatable bonds is 8. The lowest BCUT2D eigenvalue weighted by Gasteiger charge is -2.14. The first-order chi connectivity index (χ1) is 9.43. The first-order valence-corrected chi connectivity index (χ1v) is 7.92. The van der Waals surface area contributed by atoms with Gasteiger partial charge in [-0.3, -0.25) is 4.79 Å². The highest BCUT2D eigenvalue weighted by Crippen LogP contribution is 2.04. The van der Waals surface area contributed by atoms with Crippen LogP contribution in [0.25, 0.3) is 0 Å². The van der Waals surface area contributed by atoms with Crippen molar-refractivity contribution in [3.8, 4) is 0 Å². The van der Waals surface area contributed by atoms with E-state index in [1.54, 1.807) is 0 Å². The molecule has 0 aromatic heterocycles. The molecule has 3 N–H and O–H groups in total. The van der Waals surface area contributed by atoms with E-state index in [4.69, 9.17) is 0 Å². The lowest BCUT2D eigenvalue weighted by Crippen LogP contribution is -2.43. The van der Waals surface area contributed by atoms with Gasteiger partial charge < -0.3 is 5.32 Å². The maximum Gasteiger partial charge on any atom is 0.277 e. The first-order valence-electron chi connectivity index (χ1n) is 6.44. The summed E-state index contributed by atoms with van der Waals surface area (Å²) in [6.07, 6.45) is 1.67. The number of carbonyl (C=O) groups is 1. The normalized spacial score (nSPS) is 12.9. The van der Waals surface area contributed by atoms with Crippen molar-refractivity contribution in [3.05, 3.63) is 35.9 Å². The minimum Gasteiger partial charge on any atom is -0.353 e. The van der Waals surface area contributed by atoms with Crippen molar-refractivity contribution in [1.82, 2.24) is 14.8 Å². The van der Waals surface area contributed by atoms with E-state index in [1.165, 1.54) is 12.6 Å². The smallest absolute Gasteiger partial charge is 0.277 e. The fraction of sp³-hybridized carbons (Fsp3) is 0.462. The van der Waals surface area contributed by atoms with E-state index in [0.29, 0.717) is 0 Å². The van der Waals surface area contributed by atoms with Crippen molar-refractivity contribution in [2.45, 2.75) is 25.8 Å². The monoisotopic (exact) mass is 299 g/mol. The van der Waals surface area contributed by atoms with Crippen LogP contribution in [0.15, 0.2) is 30.3 Å². The van der Waals surface area contributed by atoms with Crippen LogP contribution in [0.5, 0.6) is 0 Å². The molecule has 112 valence electrons. The topological polar surface area (TPSA) is 87.3 Å². The van der Waals surface area contributed by atoms with Crippen LogP contribution in [0, 0.1) is 0 Å². The zero-order chi connectivity index (χ0) is 15.0.